The predicted molar refractivity (Wildman–Crippen MR) is 75.0 cm³/mol. The van der Waals surface area contributed by atoms with Gasteiger partial charge in [-0.05, 0) is 37.9 Å². The maximum absolute atomic E-state index is 9.74. The van der Waals surface area contributed by atoms with Crippen LogP contribution in [-0.2, 0) is 0 Å². The minimum atomic E-state index is -0.460. The highest BCUT2D eigenvalue weighted by Crippen LogP contribution is 2.11. The molecule has 0 amide bonds. The summed E-state index contributed by atoms with van der Waals surface area (Å²) in [6, 6.07) is 7.85. The first-order valence-electron chi connectivity index (χ1n) is 6.66. The summed E-state index contributed by atoms with van der Waals surface area (Å²) in [5.41, 5.74) is 1.21. The lowest BCUT2D eigenvalue weighted by Gasteiger charge is -2.14. The van der Waals surface area contributed by atoms with Gasteiger partial charge in [0.2, 0.25) is 0 Å². The molecule has 2 N–H and O–H groups in total. The van der Waals surface area contributed by atoms with Crippen LogP contribution in [0.3, 0.4) is 0 Å². The van der Waals surface area contributed by atoms with Crippen molar-refractivity contribution in [2.45, 2.75) is 33.3 Å². The highest BCUT2D eigenvalue weighted by molar-refractivity contribution is 5.26. The van der Waals surface area contributed by atoms with Crippen LogP contribution in [0.15, 0.2) is 24.3 Å². The van der Waals surface area contributed by atoms with Crippen LogP contribution in [0, 0.1) is 12.8 Å². The second-order valence-corrected chi connectivity index (χ2v) is 5.16. The van der Waals surface area contributed by atoms with Crippen molar-refractivity contribution >= 4 is 0 Å². The van der Waals surface area contributed by atoms with Crippen molar-refractivity contribution < 1.29 is 9.84 Å². The van der Waals surface area contributed by atoms with Crippen molar-refractivity contribution in [2.75, 3.05) is 19.7 Å². The zero-order valence-electron chi connectivity index (χ0n) is 11.6. The molecule has 0 saturated heterocycles. The van der Waals surface area contributed by atoms with Gasteiger partial charge in [0.25, 0.3) is 0 Å². The van der Waals surface area contributed by atoms with E-state index in [9.17, 15) is 5.11 Å². The summed E-state index contributed by atoms with van der Waals surface area (Å²) in [5, 5.41) is 13.0. The molecule has 0 aliphatic rings. The standard InChI is InChI=1S/C15H25NO2/c1-12(2)8-9-16-10-14(17)11-18-15-6-4-13(3)5-7-15/h4-7,12,14,16-17H,8-11H2,1-3H3. The summed E-state index contributed by atoms with van der Waals surface area (Å²) in [7, 11) is 0. The first-order valence-corrected chi connectivity index (χ1v) is 6.66. The number of rotatable bonds is 8. The molecule has 1 rings (SSSR count). The van der Waals surface area contributed by atoms with E-state index in [4.69, 9.17) is 4.74 Å². The number of benzene rings is 1. The Kier molecular flexibility index (Phi) is 6.76. The van der Waals surface area contributed by atoms with Crippen molar-refractivity contribution in [2.24, 2.45) is 5.92 Å². The fourth-order valence-electron chi connectivity index (χ4n) is 1.55. The number of aliphatic hydroxyl groups excluding tert-OH is 1. The Morgan fingerprint density at radius 2 is 1.89 bits per heavy atom. The molecule has 0 saturated carbocycles. The normalized spacial score (nSPS) is 12.7. The zero-order valence-corrected chi connectivity index (χ0v) is 11.6. The third kappa shape index (κ3) is 6.62. The van der Waals surface area contributed by atoms with E-state index >= 15 is 0 Å². The summed E-state index contributed by atoms with van der Waals surface area (Å²) in [6.45, 7) is 8.28. The van der Waals surface area contributed by atoms with Gasteiger partial charge in [-0.25, -0.2) is 0 Å². The molecule has 0 radical (unpaired) electrons. The largest absolute Gasteiger partial charge is 0.491 e. The number of ether oxygens (including phenoxy) is 1. The van der Waals surface area contributed by atoms with Crippen molar-refractivity contribution in [3.05, 3.63) is 29.8 Å². The van der Waals surface area contributed by atoms with Gasteiger partial charge in [-0.2, -0.15) is 0 Å². The molecule has 1 unspecified atom stereocenters. The number of hydrogen-bond acceptors (Lipinski definition) is 3. The Morgan fingerprint density at radius 1 is 1.22 bits per heavy atom. The van der Waals surface area contributed by atoms with Gasteiger partial charge in [-0.1, -0.05) is 31.5 Å². The molecule has 0 aliphatic heterocycles. The molecule has 0 aliphatic carbocycles. The summed E-state index contributed by atoms with van der Waals surface area (Å²) < 4.78 is 5.51. The molecule has 0 spiro atoms. The molecule has 1 aromatic rings. The lowest BCUT2D eigenvalue weighted by Crippen LogP contribution is -2.32. The number of hydrogen-bond donors (Lipinski definition) is 2. The van der Waals surface area contributed by atoms with E-state index in [-0.39, 0.29) is 0 Å². The van der Waals surface area contributed by atoms with Gasteiger partial charge < -0.3 is 15.2 Å². The Balaban J connectivity index is 2.13. The van der Waals surface area contributed by atoms with E-state index in [1.807, 2.05) is 31.2 Å². The topological polar surface area (TPSA) is 41.5 Å². The van der Waals surface area contributed by atoms with Crippen molar-refractivity contribution in [1.29, 1.82) is 0 Å². The monoisotopic (exact) mass is 251 g/mol. The van der Waals surface area contributed by atoms with E-state index < -0.39 is 6.10 Å². The van der Waals surface area contributed by atoms with Crippen molar-refractivity contribution in [1.82, 2.24) is 5.32 Å². The van der Waals surface area contributed by atoms with E-state index in [0.29, 0.717) is 19.1 Å². The van der Waals surface area contributed by atoms with Gasteiger partial charge in [-0.3, -0.25) is 0 Å². The van der Waals surface area contributed by atoms with Crippen LogP contribution >= 0.6 is 0 Å². The molecule has 3 nitrogen and oxygen atoms in total. The smallest absolute Gasteiger partial charge is 0.119 e. The molecule has 18 heavy (non-hydrogen) atoms. The maximum Gasteiger partial charge on any atom is 0.119 e. The van der Waals surface area contributed by atoms with Crippen LogP contribution in [0.4, 0.5) is 0 Å². The van der Waals surface area contributed by atoms with E-state index in [2.05, 4.69) is 19.2 Å². The Morgan fingerprint density at radius 3 is 2.50 bits per heavy atom. The number of nitrogens with one attached hydrogen (secondary N) is 1. The minimum Gasteiger partial charge on any atom is -0.491 e. The summed E-state index contributed by atoms with van der Waals surface area (Å²) in [6.07, 6.45) is 0.671. The van der Waals surface area contributed by atoms with Crippen LogP contribution in [0.25, 0.3) is 0 Å². The fraction of sp³-hybridized carbons (Fsp3) is 0.600. The SMILES string of the molecule is Cc1ccc(OCC(O)CNCCC(C)C)cc1. The van der Waals surface area contributed by atoms with Gasteiger partial charge in [0.1, 0.15) is 18.5 Å². The molecule has 3 heteroatoms. The van der Waals surface area contributed by atoms with E-state index in [1.165, 1.54) is 5.56 Å². The van der Waals surface area contributed by atoms with Crippen LogP contribution < -0.4 is 10.1 Å². The molecular formula is C15H25NO2. The van der Waals surface area contributed by atoms with Gasteiger partial charge in [0.05, 0.1) is 0 Å². The summed E-state index contributed by atoms with van der Waals surface area (Å²) in [5.74, 6) is 1.50. The summed E-state index contributed by atoms with van der Waals surface area (Å²) in [4.78, 5) is 0. The van der Waals surface area contributed by atoms with Gasteiger partial charge in [0, 0.05) is 6.54 Å². The average molecular weight is 251 g/mol. The van der Waals surface area contributed by atoms with Crippen LogP contribution in [0.2, 0.25) is 0 Å². The lowest BCUT2D eigenvalue weighted by atomic mass is 10.1. The van der Waals surface area contributed by atoms with Crippen LogP contribution in [0.5, 0.6) is 5.75 Å². The molecule has 1 aromatic carbocycles. The van der Waals surface area contributed by atoms with Crippen LogP contribution in [0.1, 0.15) is 25.8 Å². The van der Waals surface area contributed by atoms with Gasteiger partial charge in [0.15, 0.2) is 0 Å². The molecule has 0 fully saturated rings. The van der Waals surface area contributed by atoms with Crippen LogP contribution in [-0.4, -0.2) is 30.9 Å². The second kappa shape index (κ2) is 8.11. The minimum absolute atomic E-state index is 0.331. The highest BCUT2D eigenvalue weighted by atomic mass is 16.5. The molecule has 102 valence electrons. The molecule has 0 bridgehead atoms. The average Bonchev–Trinajstić information content (AvgIpc) is 2.34. The predicted octanol–water partition coefficient (Wildman–Crippen LogP) is 2.37. The quantitative estimate of drug-likeness (QED) is 0.697. The summed E-state index contributed by atoms with van der Waals surface area (Å²) >= 11 is 0. The van der Waals surface area contributed by atoms with E-state index in [1.54, 1.807) is 0 Å². The third-order valence-corrected chi connectivity index (χ3v) is 2.74. The van der Waals surface area contributed by atoms with Gasteiger partial charge >= 0.3 is 0 Å². The Bertz CT molecular complexity index is 322. The number of aryl methyl sites for hydroxylation is 1. The molecule has 0 heterocycles. The first-order chi connectivity index (χ1) is 8.58. The third-order valence-electron chi connectivity index (χ3n) is 2.74. The lowest BCUT2D eigenvalue weighted by molar-refractivity contribution is 0.106. The maximum atomic E-state index is 9.74. The van der Waals surface area contributed by atoms with E-state index in [0.717, 1.165) is 18.7 Å². The van der Waals surface area contributed by atoms with Gasteiger partial charge in [-0.15, -0.1) is 0 Å². The molecule has 1 atom stereocenters. The second-order valence-electron chi connectivity index (χ2n) is 5.16. The number of aliphatic hydroxyl groups is 1. The Hall–Kier alpha value is -1.06. The highest BCUT2D eigenvalue weighted by Gasteiger charge is 2.04. The Labute approximate surface area is 110 Å². The molecular weight excluding hydrogens is 226 g/mol. The first kappa shape index (κ1) is 15.0. The van der Waals surface area contributed by atoms with Crippen molar-refractivity contribution in [3.8, 4) is 5.75 Å². The molecule has 0 aromatic heterocycles. The zero-order chi connectivity index (χ0) is 13.4. The fourth-order valence-corrected chi connectivity index (χ4v) is 1.55. The van der Waals surface area contributed by atoms with Crippen molar-refractivity contribution in [3.63, 3.8) is 0 Å².